The van der Waals surface area contributed by atoms with Gasteiger partial charge in [0.1, 0.15) is 12.3 Å². The number of fused-ring (bicyclic) bond motifs is 1. The Balaban J connectivity index is 1.14. The zero-order chi connectivity index (χ0) is 31.2. The third-order valence-corrected chi connectivity index (χ3v) is 6.85. The number of hydrogen-bond donors (Lipinski definition) is 0. The standard InChI is InChI=1S/C31H24ClN5O7/c1-43-29-16-21(5-11-25(38)10-4-20-2-8-24(9-3-20)37(41)42)6-13-28(29)44-19-23-18-35(34-33-23)14-15-36-27-12-7-22(32)17-26(27)30(39)31(36)40/h2-13,16-18H,14-15,19H2,1H3/b10-4+,11-5+. The van der Waals surface area contributed by atoms with Gasteiger partial charge in [0.25, 0.3) is 17.4 Å². The van der Waals surface area contributed by atoms with Crippen LogP contribution in [0.2, 0.25) is 5.02 Å². The Morgan fingerprint density at radius 3 is 2.43 bits per heavy atom. The van der Waals surface area contributed by atoms with Crippen LogP contribution in [0.25, 0.3) is 12.2 Å². The molecule has 0 saturated heterocycles. The maximum absolute atomic E-state index is 12.4. The van der Waals surface area contributed by atoms with E-state index in [0.717, 1.165) is 0 Å². The molecule has 0 radical (unpaired) electrons. The predicted molar refractivity (Wildman–Crippen MR) is 162 cm³/mol. The summed E-state index contributed by atoms with van der Waals surface area (Å²) in [6, 6.07) is 15.8. The molecule has 5 rings (SSSR count). The lowest BCUT2D eigenvalue weighted by molar-refractivity contribution is -0.384. The van der Waals surface area contributed by atoms with Crippen LogP contribution in [-0.4, -0.2) is 51.0 Å². The van der Waals surface area contributed by atoms with Crippen molar-refractivity contribution < 1.29 is 28.8 Å². The highest BCUT2D eigenvalue weighted by Gasteiger charge is 2.35. The normalized spacial score (nSPS) is 12.7. The summed E-state index contributed by atoms with van der Waals surface area (Å²) in [5.74, 6) is -0.558. The average Bonchev–Trinajstić information content (AvgIpc) is 3.58. The number of nitrogens with zero attached hydrogens (tertiary/aromatic N) is 5. The van der Waals surface area contributed by atoms with Gasteiger partial charge in [0, 0.05) is 23.7 Å². The van der Waals surface area contributed by atoms with Crippen LogP contribution in [0, 0.1) is 10.1 Å². The molecule has 0 spiro atoms. The van der Waals surface area contributed by atoms with Crippen molar-refractivity contribution in [3.05, 3.63) is 117 Å². The second-order valence-electron chi connectivity index (χ2n) is 9.54. The molecule has 0 saturated carbocycles. The molecule has 1 aliphatic rings. The second kappa shape index (κ2) is 13.1. The number of benzene rings is 3. The summed E-state index contributed by atoms with van der Waals surface area (Å²) in [7, 11) is 1.50. The average molecular weight is 614 g/mol. The highest BCUT2D eigenvalue weighted by molar-refractivity contribution is 6.52. The zero-order valence-electron chi connectivity index (χ0n) is 23.3. The maximum Gasteiger partial charge on any atom is 0.299 e. The van der Waals surface area contributed by atoms with Crippen molar-refractivity contribution in [1.29, 1.82) is 0 Å². The van der Waals surface area contributed by atoms with Crippen LogP contribution in [0.4, 0.5) is 11.4 Å². The molecule has 1 aromatic heterocycles. The van der Waals surface area contributed by atoms with Crippen molar-refractivity contribution in [3.8, 4) is 11.5 Å². The van der Waals surface area contributed by atoms with Gasteiger partial charge in [0.2, 0.25) is 0 Å². The number of non-ortho nitro benzene ring substituents is 1. The van der Waals surface area contributed by atoms with E-state index in [1.54, 1.807) is 65.5 Å². The number of hydrogen-bond acceptors (Lipinski definition) is 9. The summed E-state index contributed by atoms with van der Waals surface area (Å²) >= 11 is 5.97. The minimum atomic E-state index is -0.612. The van der Waals surface area contributed by atoms with Crippen LogP contribution >= 0.6 is 11.6 Å². The molecule has 4 aromatic rings. The Hall–Kier alpha value is -5.62. The number of halogens is 1. The fraction of sp³-hybridized carbons (Fsp3) is 0.129. The van der Waals surface area contributed by atoms with Crippen molar-refractivity contribution in [2.75, 3.05) is 18.6 Å². The first-order valence-corrected chi connectivity index (χ1v) is 13.6. The summed E-state index contributed by atoms with van der Waals surface area (Å²) in [5.41, 5.74) is 2.69. The Kier molecular flexibility index (Phi) is 8.91. The lowest BCUT2D eigenvalue weighted by Gasteiger charge is -2.16. The molecular formula is C31H24ClN5O7. The number of amides is 1. The van der Waals surface area contributed by atoms with Crippen LogP contribution in [0.3, 0.4) is 0 Å². The lowest BCUT2D eigenvalue weighted by Crippen LogP contribution is -2.32. The van der Waals surface area contributed by atoms with Gasteiger partial charge in [-0.05, 0) is 65.7 Å². The fourth-order valence-electron chi connectivity index (χ4n) is 4.39. The number of rotatable bonds is 12. The molecule has 12 nitrogen and oxygen atoms in total. The SMILES string of the molecule is COc1cc(/C=C/C(=O)/C=C/c2ccc([N+](=O)[O-])cc2)ccc1OCc1cn(CCN2C(=O)C(=O)c3cc(Cl)ccc32)nn1. The zero-order valence-corrected chi connectivity index (χ0v) is 24.0. The topological polar surface area (TPSA) is 147 Å². The minimum Gasteiger partial charge on any atom is -0.493 e. The number of carbonyl (C=O) groups is 3. The van der Waals surface area contributed by atoms with E-state index in [1.807, 2.05) is 0 Å². The molecule has 0 unspecified atom stereocenters. The fourth-order valence-corrected chi connectivity index (χ4v) is 4.56. The smallest absolute Gasteiger partial charge is 0.299 e. The third kappa shape index (κ3) is 6.88. The van der Waals surface area contributed by atoms with Crippen molar-refractivity contribution in [2.45, 2.75) is 13.2 Å². The molecule has 222 valence electrons. The van der Waals surface area contributed by atoms with Crippen molar-refractivity contribution in [2.24, 2.45) is 0 Å². The third-order valence-electron chi connectivity index (χ3n) is 6.62. The molecule has 0 fully saturated rings. The Morgan fingerprint density at radius 1 is 0.977 bits per heavy atom. The molecule has 44 heavy (non-hydrogen) atoms. The number of ether oxygens (including phenoxy) is 2. The number of Topliss-reactive ketones (excluding diaryl/α,β-unsaturated/α-hetero) is 1. The molecule has 3 aromatic carbocycles. The highest BCUT2D eigenvalue weighted by Crippen LogP contribution is 2.31. The van der Waals surface area contributed by atoms with Crippen LogP contribution < -0.4 is 14.4 Å². The summed E-state index contributed by atoms with van der Waals surface area (Å²) in [4.78, 5) is 48.7. The monoisotopic (exact) mass is 613 g/mol. The quantitative estimate of drug-likeness (QED) is 0.0936. The number of nitro benzene ring substituents is 1. The van der Waals surface area contributed by atoms with Crippen LogP contribution in [0.5, 0.6) is 11.5 Å². The van der Waals surface area contributed by atoms with Crippen LogP contribution in [0.15, 0.2) is 79.0 Å². The number of nitro groups is 1. The van der Waals surface area contributed by atoms with Gasteiger partial charge < -0.3 is 14.4 Å². The first kappa shape index (κ1) is 29.9. The van der Waals surface area contributed by atoms with Crippen LogP contribution in [0.1, 0.15) is 27.2 Å². The molecule has 0 N–H and O–H groups in total. The van der Waals surface area contributed by atoms with Gasteiger partial charge in [-0.25, -0.2) is 0 Å². The second-order valence-corrected chi connectivity index (χ2v) is 9.97. The summed E-state index contributed by atoms with van der Waals surface area (Å²) in [6.07, 6.45) is 7.66. The maximum atomic E-state index is 12.4. The first-order valence-electron chi connectivity index (χ1n) is 13.2. The number of ketones is 2. The van der Waals surface area contributed by atoms with E-state index in [-0.39, 0.29) is 30.2 Å². The van der Waals surface area contributed by atoms with E-state index in [1.165, 1.54) is 42.4 Å². The van der Waals surface area contributed by atoms with E-state index in [4.69, 9.17) is 21.1 Å². The molecule has 13 heteroatoms. The van der Waals surface area contributed by atoms with Gasteiger partial charge in [-0.3, -0.25) is 29.2 Å². The number of allylic oxidation sites excluding steroid dienone is 2. The van der Waals surface area contributed by atoms with Crippen molar-refractivity contribution in [1.82, 2.24) is 15.0 Å². The molecule has 2 heterocycles. The van der Waals surface area contributed by atoms with E-state index in [2.05, 4.69) is 10.3 Å². The molecule has 0 aliphatic carbocycles. The lowest BCUT2D eigenvalue weighted by atomic mass is 10.1. The number of methoxy groups -OCH3 is 1. The van der Waals surface area contributed by atoms with E-state index in [9.17, 15) is 24.5 Å². The molecule has 0 atom stereocenters. The Labute approximate surface area is 255 Å². The van der Waals surface area contributed by atoms with Gasteiger partial charge >= 0.3 is 0 Å². The summed E-state index contributed by atoms with van der Waals surface area (Å²) < 4.78 is 12.9. The van der Waals surface area contributed by atoms with Gasteiger partial charge in [0.15, 0.2) is 17.3 Å². The highest BCUT2D eigenvalue weighted by atomic mass is 35.5. The number of carbonyl (C=O) groups excluding carboxylic acids is 3. The molecule has 1 aliphatic heterocycles. The van der Waals surface area contributed by atoms with E-state index in [0.29, 0.717) is 45.6 Å². The first-order chi connectivity index (χ1) is 21.2. The van der Waals surface area contributed by atoms with Gasteiger partial charge in [0.05, 0.1) is 36.0 Å². The number of anilines is 1. The predicted octanol–water partition coefficient (Wildman–Crippen LogP) is 4.95. The van der Waals surface area contributed by atoms with Crippen molar-refractivity contribution >= 4 is 52.6 Å². The van der Waals surface area contributed by atoms with E-state index >= 15 is 0 Å². The summed E-state index contributed by atoms with van der Waals surface area (Å²) in [6.45, 7) is 0.626. The number of aromatic nitrogens is 3. The Bertz CT molecular complexity index is 1810. The largest absolute Gasteiger partial charge is 0.493 e. The molecule has 0 bridgehead atoms. The van der Waals surface area contributed by atoms with Crippen molar-refractivity contribution in [3.63, 3.8) is 0 Å². The van der Waals surface area contributed by atoms with Crippen LogP contribution in [-0.2, 0) is 22.7 Å². The minimum absolute atomic E-state index is 0.0224. The molecular weight excluding hydrogens is 590 g/mol. The molecule has 1 amide bonds. The van der Waals surface area contributed by atoms with Gasteiger partial charge in [-0.15, -0.1) is 5.10 Å². The van der Waals surface area contributed by atoms with Gasteiger partial charge in [-0.1, -0.05) is 35.0 Å². The van der Waals surface area contributed by atoms with E-state index < -0.39 is 16.6 Å². The summed E-state index contributed by atoms with van der Waals surface area (Å²) in [5, 5.41) is 19.3. The van der Waals surface area contributed by atoms with Gasteiger partial charge in [-0.2, -0.15) is 0 Å². The Morgan fingerprint density at radius 2 is 1.70 bits per heavy atom.